The minimum atomic E-state index is 0.242. The Hall–Kier alpha value is -0.830. The maximum absolute atomic E-state index is 5.48. The number of hydrogen-bond donors (Lipinski definition) is 1. The zero-order chi connectivity index (χ0) is 9.97. The Morgan fingerprint density at radius 2 is 2.21 bits per heavy atom. The molecule has 1 saturated carbocycles. The smallest absolute Gasteiger partial charge is 0.211 e. The first-order valence-corrected chi connectivity index (χ1v) is 5.44. The van der Waals surface area contributed by atoms with Gasteiger partial charge in [-0.1, -0.05) is 12.8 Å². The SMILES string of the molecule is Cc1cnc(C(C)NC2CCCC2)o1. The zero-order valence-electron chi connectivity index (χ0n) is 8.92. The first kappa shape index (κ1) is 9.71. The van der Waals surface area contributed by atoms with Crippen molar-refractivity contribution in [2.75, 3.05) is 0 Å². The zero-order valence-corrected chi connectivity index (χ0v) is 8.92. The second-order valence-corrected chi connectivity index (χ2v) is 4.18. The van der Waals surface area contributed by atoms with Gasteiger partial charge in [0.2, 0.25) is 5.89 Å². The minimum absolute atomic E-state index is 0.242. The van der Waals surface area contributed by atoms with Crippen LogP contribution in [0.15, 0.2) is 10.6 Å². The second-order valence-electron chi connectivity index (χ2n) is 4.18. The Balaban J connectivity index is 1.91. The standard InChI is InChI=1S/C11H18N2O/c1-8-7-12-11(14-8)9(2)13-10-5-3-4-6-10/h7,9-10,13H,3-6H2,1-2H3. The summed E-state index contributed by atoms with van der Waals surface area (Å²) < 4.78 is 5.48. The van der Waals surface area contributed by atoms with Gasteiger partial charge >= 0.3 is 0 Å². The van der Waals surface area contributed by atoms with E-state index in [1.807, 2.05) is 6.92 Å². The van der Waals surface area contributed by atoms with Gasteiger partial charge in [-0.15, -0.1) is 0 Å². The molecule has 0 radical (unpaired) electrons. The van der Waals surface area contributed by atoms with Crippen LogP contribution < -0.4 is 5.32 Å². The Morgan fingerprint density at radius 3 is 2.79 bits per heavy atom. The van der Waals surface area contributed by atoms with E-state index in [0.29, 0.717) is 6.04 Å². The summed E-state index contributed by atoms with van der Waals surface area (Å²) in [7, 11) is 0. The first-order chi connectivity index (χ1) is 6.75. The van der Waals surface area contributed by atoms with Crippen LogP contribution in [0.3, 0.4) is 0 Å². The molecule has 0 amide bonds. The van der Waals surface area contributed by atoms with E-state index in [0.717, 1.165) is 11.7 Å². The van der Waals surface area contributed by atoms with E-state index in [4.69, 9.17) is 4.42 Å². The number of aryl methyl sites for hydroxylation is 1. The van der Waals surface area contributed by atoms with Gasteiger partial charge < -0.3 is 9.73 Å². The number of aromatic nitrogens is 1. The van der Waals surface area contributed by atoms with Crippen molar-refractivity contribution in [2.45, 2.75) is 51.6 Å². The minimum Gasteiger partial charge on any atom is -0.444 e. The Labute approximate surface area is 84.9 Å². The van der Waals surface area contributed by atoms with Crippen molar-refractivity contribution in [3.8, 4) is 0 Å². The van der Waals surface area contributed by atoms with E-state index < -0.39 is 0 Å². The largest absolute Gasteiger partial charge is 0.444 e. The number of hydrogen-bond acceptors (Lipinski definition) is 3. The predicted octanol–water partition coefficient (Wildman–Crippen LogP) is 2.58. The maximum atomic E-state index is 5.48. The van der Waals surface area contributed by atoms with Crippen LogP contribution in [0.4, 0.5) is 0 Å². The Bertz CT molecular complexity index is 289. The molecule has 0 aliphatic heterocycles. The molecule has 2 rings (SSSR count). The van der Waals surface area contributed by atoms with Gasteiger partial charge in [-0.2, -0.15) is 0 Å². The van der Waals surface area contributed by atoms with E-state index in [-0.39, 0.29) is 6.04 Å². The van der Waals surface area contributed by atoms with Crippen LogP contribution in [0.5, 0.6) is 0 Å². The lowest BCUT2D eigenvalue weighted by Gasteiger charge is -2.16. The summed E-state index contributed by atoms with van der Waals surface area (Å²) in [5.74, 6) is 1.70. The highest BCUT2D eigenvalue weighted by Crippen LogP contribution is 2.21. The molecule has 0 bridgehead atoms. The fourth-order valence-electron chi connectivity index (χ4n) is 2.09. The van der Waals surface area contributed by atoms with Crippen molar-refractivity contribution in [3.05, 3.63) is 17.8 Å². The maximum Gasteiger partial charge on any atom is 0.211 e. The number of rotatable bonds is 3. The topological polar surface area (TPSA) is 38.1 Å². The van der Waals surface area contributed by atoms with Gasteiger partial charge in [0, 0.05) is 6.04 Å². The molecule has 1 heterocycles. The summed E-state index contributed by atoms with van der Waals surface area (Å²) in [6.45, 7) is 4.04. The molecule has 3 heteroatoms. The third kappa shape index (κ3) is 2.15. The summed E-state index contributed by atoms with van der Waals surface area (Å²) in [5, 5.41) is 3.55. The van der Waals surface area contributed by atoms with Crippen LogP contribution in [-0.2, 0) is 0 Å². The first-order valence-electron chi connectivity index (χ1n) is 5.44. The van der Waals surface area contributed by atoms with Crippen molar-refractivity contribution >= 4 is 0 Å². The number of nitrogens with one attached hydrogen (secondary N) is 1. The van der Waals surface area contributed by atoms with Crippen LogP contribution in [0.1, 0.15) is 50.3 Å². The highest BCUT2D eigenvalue weighted by Gasteiger charge is 2.19. The highest BCUT2D eigenvalue weighted by atomic mass is 16.4. The molecule has 0 aromatic carbocycles. The average molecular weight is 194 g/mol. The van der Waals surface area contributed by atoms with Gasteiger partial charge in [0.25, 0.3) is 0 Å². The predicted molar refractivity (Wildman–Crippen MR) is 55.0 cm³/mol. The van der Waals surface area contributed by atoms with Crippen LogP contribution in [0.2, 0.25) is 0 Å². The quantitative estimate of drug-likeness (QED) is 0.803. The van der Waals surface area contributed by atoms with Gasteiger partial charge in [-0.05, 0) is 26.7 Å². The molecule has 1 aromatic heterocycles. The fraction of sp³-hybridized carbons (Fsp3) is 0.727. The summed E-state index contributed by atoms with van der Waals surface area (Å²) in [5.41, 5.74) is 0. The monoisotopic (exact) mass is 194 g/mol. The molecule has 1 fully saturated rings. The van der Waals surface area contributed by atoms with Gasteiger partial charge in [0.05, 0.1) is 12.2 Å². The van der Waals surface area contributed by atoms with E-state index in [9.17, 15) is 0 Å². The number of nitrogens with zero attached hydrogens (tertiary/aromatic N) is 1. The second kappa shape index (κ2) is 4.13. The number of oxazole rings is 1. The van der Waals surface area contributed by atoms with Crippen LogP contribution in [0.25, 0.3) is 0 Å². The molecule has 78 valence electrons. The van der Waals surface area contributed by atoms with E-state index in [2.05, 4.69) is 17.2 Å². The molecule has 0 saturated heterocycles. The van der Waals surface area contributed by atoms with Crippen molar-refractivity contribution < 1.29 is 4.42 Å². The van der Waals surface area contributed by atoms with E-state index in [1.54, 1.807) is 6.20 Å². The summed E-state index contributed by atoms with van der Waals surface area (Å²) in [4.78, 5) is 4.23. The lowest BCUT2D eigenvalue weighted by molar-refractivity contribution is 0.370. The Kier molecular flexibility index (Phi) is 2.87. The average Bonchev–Trinajstić information content (AvgIpc) is 2.75. The molecule has 14 heavy (non-hydrogen) atoms. The summed E-state index contributed by atoms with van der Waals surface area (Å²) >= 11 is 0. The summed E-state index contributed by atoms with van der Waals surface area (Å²) in [6.07, 6.45) is 7.08. The third-order valence-electron chi connectivity index (χ3n) is 2.85. The molecule has 1 N–H and O–H groups in total. The van der Waals surface area contributed by atoms with Crippen molar-refractivity contribution in [1.82, 2.24) is 10.3 Å². The highest BCUT2D eigenvalue weighted by molar-refractivity contribution is 4.96. The fourth-order valence-corrected chi connectivity index (χ4v) is 2.09. The van der Waals surface area contributed by atoms with Crippen LogP contribution in [-0.4, -0.2) is 11.0 Å². The Morgan fingerprint density at radius 1 is 1.50 bits per heavy atom. The summed E-state index contributed by atoms with van der Waals surface area (Å²) in [6, 6.07) is 0.906. The molecule has 1 unspecified atom stereocenters. The molecular formula is C11H18N2O. The van der Waals surface area contributed by atoms with Gasteiger partial charge in [0.1, 0.15) is 5.76 Å². The third-order valence-corrected chi connectivity index (χ3v) is 2.85. The van der Waals surface area contributed by atoms with E-state index >= 15 is 0 Å². The molecule has 3 nitrogen and oxygen atoms in total. The van der Waals surface area contributed by atoms with Gasteiger partial charge in [-0.25, -0.2) is 4.98 Å². The van der Waals surface area contributed by atoms with Crippen LogP contribution in [0, 0.1) is 6.92 Å². The molecule has 1 aliphatic rings. The van der Waals surface area contributed by atoms with Crippen molar-refractivity contribution in [2.24, 2.45) is 0 Å². The molecule has 1 aromatic rings. The molecule has 0 spiro atoms. The normalized spacial score (nSPS) is 20.1. The van der Waals surface area contributed by atoms with Gasteiger partial charge in [0.15, 0.2) is 0 Å². The lowest BCUT2D eigenvalue weighted by Crippen LogP contribution is -2.29. The van der Waals surface area contributed by atoms with Crippen molar-refractivity contribution in [3.63, 3.8) is 0 Å². The lowest BCUT2D eigenvalue weighted by atomic mass is 10.2. The molecule has 1 aliphatic carbocycles. The van der Waals surface area contributed by atoms with E-state index in [1.165, 1.54) is 25.7 Å². The van der Waals surface area contributed by atoms with Gasteiger partial charge in [-0.3, -0.25) is 0 Å². The van der Waals surface area contributed by atoms with Crippen LogP contribution >= 0.6 is 0 Å². The molecular weight excluding hydrogens is 176 g/mol. The van der Waals surface area contributed by atoms with Crippen molar-refractivity contribution in [1.29, 1.82) is 0 Å². The molecule has 1 atom stereocenters.